The largest absolute Gasteiger partial charge is 0.466 e. The minimum atomic E-state index is -1.03. The van der Waals surface area contributed by atoms with Crippen LogP contribution in [0.1, 0.15) is 26.6 Å². The van der Waals surface area contributed by atoms with Crippen molar-refractivity contribution in [2.24, 2.45) is 7.05 Å². The van der Waals surface area contributed by atoms with Crippen molar-refractivity contribution in [1.29, 1.82) is 0 Å². The van der Waals surface area contributed by atoms with Crippen LogP contribution in [0.3, 0.4) is 0 Å². The number of para-hydroxylation sites is 2. The Morgan fingerprint density at radius 2 is 1.97 bits per heavy atom. The molecule has 1 aliphatic heterocycles. The van der Waals surface area contributed by atoms with Crippen molar-refractivity contribution in [1.82, 2.24) is 14.8 Å². The van der Waals surface area contributed by atoms with Gasteiger partial charge in [0.05, 0.1) is 23.7 Å². The zero-order valence-electron chi connectivity index (χ0n) is 16.8. The first-order valence-corrected chi connectivity index (χ1v) is 10.1. The van der Waals surface area contributed by atoms with Crippen LogP contribution in [0.25, 0.3) is 0 Å². The summed E-state index contributed by atoms with van der Waals surface area (Å²) in [4.78, 5) is 38.7. The summed E-state index contributed by atoms with van der Waals surface area (Å²) in [5.41, 5.74) is 0.232. The van der Waals surface area contributed by atoms with E-state index in [0.29, 0.717) is 29.0 Å². The third-order valence-corrected chi connectivity index (χ3v) is 5.62. The molecule has 2 heterocycles. The van der Waals surface area contributed by atoms with Gasteiger partial charge in [0.15, 0.2) is 5.16 Å². The van der Waals surface area contributed by atoms with Crippen LogP contribution < -0.4 is 10.2 Å². The van der Waals surface area contributed by atoms with Crippen molar-refractivity contribution < 1.29 is 19.1 Å². The molecule has 2 amide bonds. The number of anilines is 2. The summed E-state index contributed by atoms with van der Waals surface area (Å²) in [6.07, 6.45) is 0.0124. The van der Waals surface area contributed by atoms with E-state index in [1.165, 1.54) is 16.7 Å². The maximum Gasteiger partial charge on any atom is 0.313 e. The van der Waals surface area contributed by atoms with Gasteiger partial charge in [-0.15, -0.1) is 10.2 Å². The quantitative estimate of drug-likeness (QED) is 0.564. The van der Waals surface area contributed by atoms with E-state index < -0.39 is 5.54 Å². The van der Waals surface area contributed by atoms with E-state index in [-0.39, 0.29) is 30.0 Å². The standard InChI is InChI=1S/C19H23N5O4S/c1-5-28-16(26)10-14-21-22-18(23(14)4)29-11-15(25)24-13-9-7-6-8-12(13)20-17(27)19(24,2)3/h6-9H,5,10-11H2,1-4H3,(H,20,27). The van der Waals surface area contributed by atoms with Crippen LogP contribution in [0.5, 0.6) is 0 Å². The second kappa shape index (κ2) is 8.24. The van der Waals surface area contributed by atoms with Gasteiger partial charge in [-0.3, -0.25) is 19.3 Å². The van der Waals surface area contributed by atoms with E-state index in [1.54, 1.807) is 50.6 Å². The lowest BCUT2D eigenvalue weighted by molar-refractivity contribution is -0.142. The number of benzene rings is 1. The molecule has 10 heteroatoms. The highest BCUT2D eigenvalue weighted by Crippen LogP contribution is 2.37. The van der Waals surface area contributed by atoms with Gasteiger partial charge in [-0.05, 0) is 32.9 Å². The maximum absolute atomic E-state index is 13.1. The number of fused-ring (bicyclic) bond motifs is 1. The molecule has 1 aromatic heterocycles. The van der Waals surface area contributed by atoms with Crippen LogP contribution in [-0.4, -0.2) is 50.4 Å². The van der Waals surface area contributed by atoms with E-state index in [4.69, 9.17) is 4.74 Å². The highest BCUT2D eigenvalue weighted by molar-refractivity contribution is 7.99. The Hall–Kier alpha value is -2.88. The van der Waals surface area contributed by atoms with Gasteiger partial charge >= 0.3 is 5.97 Å². The summed E-state index contributed by atoms with van der Waals surface area (Å²) in [5, 5.41) is 11.4. The topological polar surface area (TPSA) is 106 Å². The van der Waals surface area contributed by atoms with Gasteiger partial charge in [0, 0.05) is 7.05 Å². The van der Waals surface area contributed by atoms with Crippen molar-refractivity contribution in [2.75, 3.05) is 22.6 Å². The SMILES string of the molecule is CCOC(=O)Cc1nnc(SCC(=O)N2c3ccccc3NC(=O)C2(C)C)n1C. The fraction of sp³-hybridized carbons (Fsp3) is 0.421. The van der Waals surface area contributed by atoms with Gasteiger partial charge in [0.25, 0.3) is 0 Å². The van der Waals surface area contributed by atoms with Crippen LogP contribution >= 0.6 is 11.8 Å². The molecule has 0 radical (unpaired) electrons. The molecule has 29 heavy (non-hydrogen) atoms. The van der Waals surface area contributed by atoms with E-state index in [2.05, 4.69) is 15.5 Å². The fourth-order valence-electron chi connectivity index (χ4n) is 3.06. The first-order chi connectivity index (χ1) is 13.8. The second-order valence-corrected chi connectivity index (χ2v) is 7.93. The van der Waals surface area contributed by atoms with Crippen LogP contribution in [0.15, 0.2) is 29.4 Å². The summed E-state index contributed by atoms with van der Waals surface area (Å²) in [6, 6.07) is 7.20. The van der Waals surface area contributed by atoms with Gasteiger partial charge in [-0.1, -0.05) is 23.9 Å². The maximum atomic E-state index is 13.1. The van der Waals surface area contributed by atoms with Gasteiger partial charge in [-0.2, -0.15) is 0 Å². The number of thioether (sulfide) groups is 1. The molecule has 154 valence electrons. The van der Waals surface area contributed by atoms with Gasteiger partial charge in [0.2, 0.25) is 11.8 Å². The molecule has 0 bridgehead atoms. The lowest BCUT2D eigenvalue weighted by Crippen LogP contribution is -2.59. The molecule has 1 aliphatic rings. The summed E-state index contributed by atoms with van der Waals surface area (Å²) < 4.78 is 6.59. The molecular formula is C19H23N5O4S. The Morgan fingerprint density at radius 3 is 2.69 bits per heavy atom. The van der Waals surface area contributed by atoms with Crippen molar-refractivity contribution in [3.05, 3.63) is 30.1 Å². The van der Waals surface area contributed by atoms with E-state index in [1.807, 2.05) is 6.07 Å². The summed E-state index contributed by atoms with van der Waals surface area (Å²) in [5.74, 6) is -0.326. The molecule has 0 saturated carbocycles. The molecule has 0 saturated heterocycles. The lowest BCUT2D eigenvalue weighted by Gasteiger charge is -2.42. The van der Waals surface area contributed by atoms with Crippen LogP contribution in [0.2, 0.25) is 0 Å². The predicted molar refractivity (Wildman–Crippen MR) is 109 cm³/mol. The Labute approximate surface area is 172 Å². The highest BCUT2D eigenvalue weighted by atomic mass is 32.2. The number of esters is 1. The molecule has 0 fully saturated rings. The number of carbonyl (C=O) groups excluding carboxylic acids is 3. The number of ether oxygens (including phenoxy) is 1. The molecule has 2 aromatic rings. The van der Waals surface area contributed by atoms with Crippen molar-refractivity contribution in [2.45, 2.75) is 37.9 Å². The van der Waals surface area contributed by atoms with Gasteiger partial charge in [0.1, 0.15) is 17.8 Å². The summed E-state index contributed by atoms with van der Waals surface area (Å²) in [6.45, 7) is 5.46. The highest BCUT2D eigenvalue weighted by Gasteiger charge is 2.43. The minimum absolute atomic E-state index is 0.0124. The molecule has 0 aliphatic carbocycles. The summed E-state index contributed by atoms with van der Waals surface area (Å²) >= 11 is 1.20. The normalized spacial score (nSPS) is 14.9. The van der Waals surface area contributed by atoms with Crippen LogP contribution in [0.4, 0.5) is 11.4 Å². The average Bonchev–Trinajstić information content (AvgIpc) is 3.00. The molecule has 3 rings (SSSR count). The number of amides is 2. The monoisotopic (exact) mass is 417 g/mol. The molecular weight excluding hydrogens is 394 g/mol. The van der Waals surface area contributed by atoms with Gasteiger partial charge in [-0.25, -0.2) is 0 Å². The first kappa shape index (κ1) is 20.8. The van der Waals surface area contributed by atoms with Crippen molar-refractivity contribution in [3.8, 4) is 0 Å². The number of aromatic nitrogens is 3. The minimum Gasteiger partial charge on any atom is -0.466 e. The number of hydrogen-bond acceptors (Lipinski definition) is 7. The number of hydrogen-bond donors (Lipinski definition) is 1. The van der Waals surface area contributed by atoms with Crippen molar-refractivity contribution >= 4 is 40.9 Å². The molecule has 1 N–H and O–H groups in total. The molecule has 0 spiro atoms. The fourth-order valence-corrected chi connectivity index (χ4v) is 3.83. The number of nitrogens with zero attached hydrogens (tertiary/aromatic N) is 4. The van der Waals surface area contributed by atoms with E-state index >= 15 is 0 Å². The Kier molecular flexibility index (Phi) is 5.92. The zero-order chi connectivity index (χ0) is 21.2. The number of rotatable bonds is 6. The van der Waals surface area contributed by atoms with Crippen LogP contribution in [-0.2, 0) is 32.6 Å². The molecule has 0 unspecified atom stereocenters. The Bertz CT molecular complexity index is 956. The molecule has 9 nitrogen and oxygen atoms in total. The molecule has 1 aromatic carbocycles. The molecule has 0 atom stereocenters. The third kappa shape index (κ3) is 4.12. The van der Waals surface area contributed by atoms with Gasteiger partial charge < -0.3 is 14.6 Å². The second-order valence-electron chi connectivity index (χ2n) is 6.99. The predicted octanol–water partition coefficient (Wildman–Crippen LogP) is 1.78. The third-order valence-electron chi connectivity index (χ3n) is 4.61. The van der Waals surface area contributed by atoms with Crippen LogP contribution in [0, 0.1) is 0 Å². The van der Waals surface area contributed by atoms with Crippen molar-refractivity contribution in [3.63, 3.8) is 0 Å². The average molecular weight is 417 g/mol. The first-order valence-electron chi connectivity index (χ1n) is 9.16. The Balaban J connectivity index is 1.75. The number of nitrogens with one attached hydrogen (secondary N) is 1. The van der Waals surface area contributed by atoms with E-state index in [9.17, 15) is 14.4 Å². The number of carbonyl (C=O) groups is 3. The smallest absolute Gasteiger partial charge is 0.313 e. The zero-order valence-corrected chi connectivity index (χ0v) is 17.6. The lowest BCUT2D eigenvalue weighted by atomic mass is 9.96. The van der Waals surface area contributed by atoms with E-state index in [0.717, 1.165) is 0 Å². The summed E-state index contributed by atoms with van der Waals surface area (Å²) in [7, 11) is 1.73. The Morgan fingerprint density at radius 1 is 1.24 bits per heavy atom.